The van der Waals surface area contributed by atoms with Crippen LogP contribution in [0.3, 0.4) is 0 Å². The summed E-state index contributed by atoms with van der Waals surface area (Å²) in [4.78, 5) is 28.1. The number of nitrogens with zero attached hydrogens (tertiary/aromatic N) is 2. The van der Waals surface area contributed by atoms with Crippen molar-refractivity contribution < 1.29 is 4.79 Å². The van der Waals surface area contributed by atoms with E-state index in [-0.39, 0.29) is 16.9 Å². The fourth-order valence-corrected chi connectivity index (χ4v) is 2.57. The third-order valence-corrected chi connectivity index (χ3v) is 3.96. The molecule has 0 saturated heterocycles. The molecule has 0 amide bonds. The lowest BCUT2D eigenvalue weighted by Crippen LogP contribution is -2.24. The van der Waals surface area contributed by atoms with E-state index in [0.717, 1.165) is 10.0 Å². The van der Waals surface area contributed by atoms with Crippen molar-refractivity contribution in [1.82, 2.24) is 9.55 Å². The average molecular weight is 369 g/mol. The number of hydrogen-bond acceptors (Lipinski definition) is 3. The number of halogens is 1. The summed E-state index contributed by atoms with van der Waals surface area (Å²) >= 11 is 3.36. The molecule has 0 fully saturated rings. The summed E-state index contributed by atoms with van der Waals surface area (Å²) in [6.45, 7) is 0.395. The van der Waals surface area contributed by atoms with Crippen molar-refractivity contribution >= 4 is 22.2 Å². The number of aromatic nitrogens is 2. The number of carbonyl (C=O) groups excluding carboxylic acids is 1. The Kier molecular flexibility index (Phi) is 4.48. The molecule has 2 aromatic carbocycles. The monoisotopic (exact) mass is 368 g/mol. The third kappa shape index (κ3) is 3.46. The predicted molar refractivity (Wildman–Crippen MR) is 92.6 cm³/mol. The first-order valence-electron chi connectivity index (χ1n) is 7.04. The fraction of sp³-hybridized carbons (Fsp3) is 0.0556. The second-order valence-corrected chi connectivity index (χ2v) is 5.97. The number of benzene rings is 2. The van der Waals surface area contributed by atoms with Crippen molar-refractivity contribution in [2.24, 2.45) is 0 Å². The zero-order valence-corrected chi connectivity index (χ0v) is 13.7. The molecule has 0 atom stereocenters. The lowest BCUT2D eigenvalue weighted by Gasteiger charge is -2.09. The van der Waals surface area contributed by atoms with Crippen molar-refractivity contribution in [3.8, 4) is 11.3 Å². The van der Waals surface area contributed by atoms with Crippen molar-refractivity contribution in [1.29, 1.82) is 0 Å². The molecule has 0 aliphatic heterocycles. The van der Waals surface area contributed by atoms with Crippen molar-refractivity contribution in [3.63, 3.8) is 0 Å². The molecule has 3 aromatic rings. The second kappa shape index (κ2) is 6.71. The van der Waals surface area contributed by atoms with Crippen molar-refractivity contribution in [2.75, 3.05) is 0 Å². The van der Waals surface area contributed by atoms with E-state index < -0.39 is 0 Å². The van der Waals surface area contributed by atoms with Gasteiger partial charge in [-0.25, -0.2) is 4.98 Å². The van der Waals surface area contributed by atoms with E-state index >= 15 is 0 Å². The number of carbonyl (C=O) groups is 1. The average Bonchev–Trinajstić information content (AvgIpc) is 2.58. The van der Waals surface area contributed by atoms with Crippen LogP contribution in [-0.2, 0) is 6.54 Å². The highest BCUT2D eigenvalue weighted by atomic mass is 79.9. The summed E-state index contributed by atoms with van der Waals surface area (Å²) in [5.74, 6) is 0. The Morgan fingerprint density at radius 3 is 2.39 bits per heavy atom. The maximum absolute atomic E-state index is 12.7. The summed E-state index contributed by atoms with van der Waals surface area (Å²) < 4.78 is 2.43. The van der Waals surface area contributed by atoms with E-state index in [4.69, 9.17) is 0 Å². The van der Waals surface area contributed by atoms with Gasteiger partial charge in [-0.05, 0) is 17.7 Å². The Hall–Kier alpha value is -2.53. The largest absolute Gasteiger partial charge is 0.307 e. The van der Waals surface area contributed by atoms with E-state index in [1.165, 1.54) is 10.8 Å². The van der Waals surface area contributed by atoms with Gasteiger partial charge in [-0.15, -0.1) is 0 Å². The molecule has 23 heavy (non-hydrogen) atoms. The van der Waals surface area contributed by atoms with Crippen LogP contribution < -0.4 is 5.56 Å². The third-order valence-electron chi connectivity index (χ3n) is 3.43. The summed E-state index contributed by atoms with van der Waals surface area (Å²) in [6.07, 6.45) is 2.15. The molecular weight excluding hydrogens is 356 g/mol. The van der Waals surface area contributed by atoms with Gasteiger partial charge in [0, 0.05) is 16.2 Å². The molecule has 0 saturated carbocycles. The van der Waals surface area contributed by atoms with Crippen LogP contribution in [0.4, 0.5) is 0 Å². The van der Waals surface area contributed by atoms with Gasteiger partial charge >= 0.3 is 0 Å². The standard InChI is InChI=1S/C18H13BrN2O2/c19-15-8-6-14(7-9-15)17-18(23)21(11-16(12-22)20-17)10-13-4-2-1-3-5-13/h1-9,11-12H,10H2. The van der Waals surface area contributed by atoms with Crippen LogP contribution in [0.2, 0.25) is 0 Å². The highest BCUT2D eigenvalue weighted by molar-refractivity contribution is 9.10. The first-order chi connectivity index (χ1) is 11.2. The summed E-state index contributed by atoms with van der Waals surface area (Å²) in [6, 6.07) is 16.9. The van der Waals surface area contributed by atoms with Gasteiger partial charge in [0.25, 0.3) is 5.56 Å². The van der Waals surface area contributed by atoms with Gasteiger partial charge in [0.15, 0.2) is 6.29 Å². The van der Waals surface area contributed by atoms with E-state index in [9.17, 15) is 9.59 Å². The van der Waals surface area contributed by atoms with Crippen LogP contribution in [0.25, 0.3) is 11.3 Å². The lowest BCUT2D eigenvalue weighted by atomic mass is 10.1. The van der Waals surface area contributed by atoms with Gasteiger partial charge in [0.2, 0.25) is 0 Å². The SMILES string of the molecule is O=Cc1cn(Cc2ccccc2)c(=O)c(-c2ccc(Br)cc2)n1. The van der Waals surface area contributed by atoms with Gasteiger partial charge in [0.05, 0.1) is 6.54 Å². The van der Waals surface area contributed by atoms with Crippen molar-refractivity contribution in [2.45, 2.75) is 6.54 Å². The minimum atomic E-state index is -0.221. The molecule has 0 bridgehead atoms. The molecule has 1 heterocycles. The molecule has 1 aromatic heterocycles. The molecule has 3 rings (SSSR count). The first-order valence-corrected chi connectivity index (χ1v) is 7.83. The topological polar surface area (TPSA) is 52.0 Å². The van der Waals surface area contributed by atoms with E-state index in [0.29, 0.717) is 18.4 Å². The molecule has 4 nitrogen and oxygen atoms in total. The number of aldehydes is 1. The molecule has 0 unspecified atom stereocenters. The summed E-state index contributed by atoms with van der Waals surface area (Å²) in [5.41, 5.74) is 1.96. The molecule has 0 N–H and O–H groups in total. The Morgan fingerprint density at radius 2 is 1.74 bits per heavy atom. The van der Waals surface area contributed by atoms with Crippen LogP contribution in [0.15, 0.2) is 70.1 Å². The minimum absolute atomic E-state index is 0.221. The molecule has 0 spiro atoms. The van der Waals surface area contributed by atoms with Crippen LogP contribution >= 0.6 is 15.9 Å². The first kappa shape index (κ1) is 15.4. The highest BCUT2D eigenvalue weighted by Crippen LogP contribution is 2.17. The van der Waals surface area contributed by atoms with Crippen LogP contribution in [0.1, 0.15) is 16.1 Å². The van der Waals surface area contributed by atoms with Crippen LogP contribution in [0, 0.1) is 0 Å². The maximum atomic E-state index is 12.7. The molecular formula is C18H13BrN2O2. The quantitative estimate of drug-likeness (QED) is 0.661. The molecule has 0 aliphatic rings. The maximum Gasteiger partial charge on any atom is 0.277 e. The van der Waals surface area contributed by atoms with Crippen LogP contribution in [0.5, 0.6) is 0 Å². The Bertz CT molecular complexity index is 887. The van der Waals surface area contributed by atoms with E-state index in [1.54, 1.807) is 12.1 Å². The van der Waals surface area contributed by atoms with Crippen LogP contribution in [-0.4, -0.2) is 15.8 Å². The molecule has 0 aliphatic carbocycles. The van der Waals surface area contributed by atoms with Gasteiger partial charge in [0.1, 0.15) is 11.4 Å². The Morgan fingerprint density at radius 1 is 1.04 bits per heavy atom. The number of hydrogen-bond donors (Lipinski definition) is 0. The molecule has 5 heteroatoms. The number of rotatable bonds is 4. The Balaban J connectivity index is 2.10. The van der Waals surface area contributed by atoms with Gasteiger partial charge in [-0.3, -0.25) is 9.59 Å². The normalized spacial score (nSPS) is 10.5. The van der Waals surface area contributed by atoms with E-state index in [1.807, 2.05) is 42.5 Å². The predicted octanol–water partition coefficient (Wildman–Crippen LogP) is 3.53. The fourth-order valence-electron chi connectivity index (χ4n) is 2.31. The Labute approximate surface area is 141 Å². The second-order valence-electron chi connectivity index (χ2n) is 5.06. The lowest BCUT2D eigenvalue weighted by molar-refractivity contribution is 0.111. The zero-order chi connectivity index (χ0) is 16.2. The van der Waals surface area contributed by atoms with Gasteiger partial charge in [-0.2, -0.15) is 0 Å². The summed E-state index contributed by atoms with van der Waals surface area (Å²) in [5, 5.41) is 0. The van der Waals surface area contributed by atoms with Crippen molar-refractivity contribution in [3.05, 3.63) is 86.9 Å². The zero-order valence-electron chi connectivity index (χ0n) is 12.1. The smallest absolute Gasteiger partial charge is 0.277 e. The summed E-state index contributed by atoms with van der Waals surface area (Å²) in [7, 11) is 0. The van der Waals surface area contributed by atoms with E-state index in [2.05, 4.69) is 20.9 Å². The highest BCUT2D eigenvalue weighted by Gasteiger charge is 2.11. The minimum Gasteiger partial charge on any atom is -0.307 e. The van der Waals surface area contributed by atoms with Gasteiger partial charge in [-0.1, -0.05) is 58.4 Å². The molecule has 114 valence electrons. The van der Waals surface area contributed by atoms with Gasteiger partial charge < -0.3 is 4.57 Å². The molecule has 0 radical (unpaired) electrons.